The van der Waals surface area contributed by atoms with E-state index in [0.29, 0.717) is 32.3 Å². The van der Waals surface area contributed by atoms with Crippen LogP contribution in [0.25, 0.3) is 11.0 Å². The van der Waals surface area contributed by atoms with Crippen LogP contribution in [0.5, 0.6) is 5.75 Å². The number of ether oxygens (including phenoxy) is 1. The monoisotopic (exact) mass is 320 g/mol. The largest absolute Gasteiger partial charge is 0.496 e. The molecule has 2 aromatic carbocycles. The number of hydrogen-bond donors (Lipinski definition) is 0. The van der Waals surface area contributed by atoms with Crippen LogP contribution < -0.4 is 4.74 Å². The second-order valence-corrected chi connectivity index (χ2v) is 5.29. The number of rotatable bonds is 3. The maximum atomic E-state index is 12.5. The number of para-hydroxylation sites is 1. The summed E-state index contributed by atoms with van der Waals surface area (Å²) in [7, 11) is 1.52. The van der Waals surface area contributed by atoms with Crippen molar-refractivity contribution in [2.75, 3.05) is 7.11 Å². The average Bonchev–Trinajstić information content (AvgIpc) is 2.90. The molecule has 3 nitrogen and oxygen atoms in total. The quantitative estimate of drug-likeness (QED) is 0.639. The average molecular weight is 321 g/mol. The van der Waals surface area contributed by atoms with Crippen LogP contribution in [-0.4, -0.2) is 12.9 Å². The SMILES string of the molecule is COc1ccccc1C(=O)c1cc2cc(Cl)cc(Cl)c2o1. The van der Waals surface area contributed by atoms with E-state index in [9.17, 15) is 4.79 Å². The van der Waals surface area contributed by atoms with E-state index < -0.39 is 0 Å². The van der Waals surface area contributed by atoms with Gasteiger partial charge in [-0.1, -0.05) is 35.3 Å². The Labute approximate surface area is 131 Å². The number of carbonyl (C=O) groups is 1. The van der Waals surface area contributed by atoms with E-state index in [-0.39, 0.29) is 11.5 Å². The van der Waals surface area contributed by atoms with Crippen molar-refractivity contribution >= 4 is 40.0 Å². The number of ketones is 1. The van der Waals surface area contributed by atoms with E-state index in [4.69, 9.17) is 32.4 Å². The first-order valence-electron chi connectivity index (χ1n) is 6.16. The summed E-state index contributed by atoms with van der Waals surface area (Å²) in [5, 5.41) is 1.55. The van der Waals surface area contributed by atoms with Gasteiger partial charge in [0.2, 0.25) is 5.78 Å². The van der Waals surface area contributed by atoms with Gasteiger partial charge in [-0.25, -0.2) is 0 Å². The molecule has 5 heteroatoms. The van der Waals surface area contributed by atoms with Crippen molar-refractivity contribution in [3.63, 3.8) is 0 Å². The predicted octanol–water partition coefficient (Wildman–Crippen LogP) is 4.98. The summed E-state index contributed by atoms with van der Waals surface area (Å²) in [5.41, 5.74) is 0.876. The molecule has 1 heterocycles. The third kappa shape index (κ3) is 2.50. The van der Waals surface area contributed by atoms with Crippen molar-refractivity contribution in [3.05, 3.63) is 63.8 Å². The Morgan fingerprint density at radius 1 is 1.14 bits per heavy atom. The van der Waals surface area contributed by atoms with Crippen LogP contribution in [-0.2, 0) is 0 Å². The first kappa shape index (κ1) is 14.0. The fourth-order valence-corrected chi connectivity index (χ4v) is 2.70. The lowest BCUT2D eigenvalue weighted by Gasteiger charge is -2.04. The summed E-state index contributed by atoms with van der Waals surface area (Å²) in [6.07, 6.45) is 0. The minimum atomic E-state index is -0.268. The maximum Gasteiger partial charge on any atom is 0.231 e. The van der Waals surface area contributed by atoms with Crippen molar-refractivity contribution in [3.8, 4) is 5.75 Å². The lowest BCUT2D eigenvalue weighted by molar-refractivity contribution is 0.101. The Morgan fingerprint density at radius 2 is 1.90 bits per heavy atom. The van der Waals surface area contributed by atoms with E-state index in [1.807, 2.05) is 0 Å². The molecule has 0 aliphatic heterocycles. The fraction of sp³-hybridized carbons (Fsp3) is 0.0625. The molecule has 3 aromatic rings. The number of fused-ring (bicyclic) bond motifs is 1. The Kier molecular flexibility index (Phi) is 3.62. The van der Waals surface area contributed by atoms with E-state index >= 15 is 0 Å². The molecule has 0 fully saturated rings. The number of furan rings is 1. The molecule has 0 radical (unpaired) electrons. The summed E-state index contributed by atoms with van der Waals surface area (Å²) < 4.78 is 10.8. The van der Waals surface area contributed by atoms with Gasteiger partial charge >= 0.3 is 0 Å². The number of benzene rings is 2. The molecule has 0 atom stereocenters. The van der Waals surface area contributed by atoms with Gasteiger partial charge in [-0.3, -0.25) is 4.79 Å². The van der Waals surface area contributed by atoms with Crippen molar-refractivity contribution in [2.45, 2.75) is 0 Å². The molecule has 1 aromatic heterocycles. The van der Waals surface area contributed by atoms with Gasteiger partial charge in [-0.05, 0) is 30.3 Å². The topological polar surface area (TPSA) is 39.4 Å². The molecule has 0 N–H and O–H groups in total. The number of halogens is 2. The van der Waals surface area contributed by atoms with Gasteiger partial charge in [0.1, 0.15) is 5.75 Å². The maximum absolute atomic E-state index is 12.5. The predicted molar refractivity (Wildman–Crippen MR) is 82.7 cm³/mol. The summed E-state index contributed by atoms with van der Waals surface area (Å²) in [6, 6.07) is 11.9. The summed E-state index contributed by atoms with van der Waals surface area (Å²) in [4.78, 5) is 12.5. The smallest absolute Gasteiger partial charge is 0.231 e. The second kappa shape index (κ2) is 5.43. The van der Waals surface area contributed by atoms with Crippen LogP contribution in [0.1, 0.15) is 16.1 Å². The van der Waals surface area contributed by atoms with Gasteiger partial charge in [0.25, 0.3) is 0 Å². The van der Waals surface area contributed by atoms with Gasteiger partial charge in [-0.2, -0.15) is 0 Å². The molecule has 0 aliphatic carbocycles. The first-order chi connectivity index (χ1) is 10.1. The highest BCUT2D eigenvalue weighted by Crippen LogP contribution is 2.32. The lowest BCUT2D eigenvalue weighted by Crippen LogP contribution is -2.02. The van der Waals surface area contributed by atoms with Gasteiger partial charge < -0.3 is 9.15 Å². The zero-order valence-corrected chi connectivity index (χ0v) is 12.5. The Balaban J connectivity index is 2.12. The van der Waals surface area contributed by atoms with E-state index in [0.717, 1.165) is 0 Å². The highest BCUT2D eigenvalue weighted by molar-refractivity contribution is 6.38. The second-order valence-electron chi connectivity index (χ2n) is 4.45. The fourth-order valence-electron chi connectivity index (χ4n) is 2.15. The zero-order chi connectivity index (χ0) is 15.0. The van der Waals surface area contributed by atoms with Crippen molar-refractivity contribution in [1.29, 1.82) is 0 Å². The minimum absolute atomic E-state index is 0.193. The summed E-state index contributed by atoms with van der Waals surface area (Å²) >= 11 is 12.0. The molecule has 106 valence electrons. The number of hydrogen-bond acceptors (Lipinski definition) is 3. The third-order valence-electron chi connectivity index (χ3n) is 3.11. The molecular weight excluding hydrogens is 311 g/mol. The molecule has 0 amide bonds. The van der Waals surface area contributed by atoms with Gasteiger partial charge in [0.05, 0.1) is 17.7 Å². The first-order valence-corrected chi connectivity index (χ1v) is 6.92. The van der Waals surface area contributed by atoms with Gasteiger partial charge in [-0.15, -0.1) is 0 Å². The minimum Gasteiger partial charge on any atom is -0.496 e. The highest BCUT2D eigenvalue weighted by atomic mass is 35.5. The Bertz CT molecular complexity index is 837. The Hall–Kier alpha value is -1.97. The van der Waals surface area contributed by atoms with E-state index in [1.165, 1.54) is 7.11 Å². The normalized spacial score (nSPS) is 10.8. The van der Waals surface area contributed by atoms with Crippen molar-refractivity contribution in [1.82, 2.24) is 0 Å². The van der Waals surface area contributed by atoms with Crippen LogP contribution in [0.15, 0.2) is 46.9 Å². The van der Waals surface area contributed by atoms with Crippen LogP contribution in [0.2, 0.25) is 10.0 Å². The Morgan fingerprint density at radius 3 is 2.67 bits per heavy atom. The van der Waals surface area contributed by atoms with E-state index in [2.05, 4.69) is 0 Å². The van der Waals surface area contributed by atoms with Gasteiger partial charge in [0, 0.05) is 10.4 Å². The standard InChI is InChI=1S/C16H10Cl2O3/c1-20-13-5-3-2-4-11(13)15(19)14-7-9-6-10(17)8-12(18)16(9)21-14/h2-8H,1H3. The molecule has 0 spiro atoms. The molecule has 3 rings (SSSR count). The molecule has 0 aliphatic rings. The molecular formula is C16H10Cl2O3. The van der Waals surface area contributed by atoms with Gasteiger partial charge in [0.15, 0.2) is 11.3 Å². The molecule has 0 unspecified atom stereocenters. The zero-order valence-electron chi connectivity index (χ0n) is 11.0. The molecule has 0 bridgehead atoms. The highest BCUT2D eigenvalue weighted by Gasteiger charge is 2.19. The summed E-state index contributed by atoms with van der Waals surface area (Å²) in [6.45, 7) is 0. The van der Waals surface area contributed by atoms with Crippen LogP contribution in [0, 0.1) is 0 Å². The number of methoxy groups -OCH3 is 1. The molecule has 0 saturated carbocycles. The van der Waals surface area contributed by atoms with Crippen molar-refractivity contribution < 1.29 is 13.9 Å². The third-order valence-corrected chi connectivity index (χ3v) is 3.61. The molecule has 0 saturated heterocycles. The molecule has 21 heavy (non-hydrogen) atoms. The number of carbonyl (C=O) groups excluding carboxylic acids is 1. The van der Waals surface area contributed by atoms with Crippen LogP contribution in [0.4, 0.5) is 0 Å². The van der Waals surface area contributed by atoms with Crippen LogP contribution in [0.3, 0.4) is 0 Å². The lowest BCUT2D eigenvalue weighted by atomic mass is 10.1. The summed E-state index contributed by atoms with van der Waals surface area (Å²) in [5.74, 6) is 0.418. The van der Waals surface area contributed by atoms with Crippen molar-refractivity contribution in [2.24, 2.45) is 0 Å². The van der Waals surface area contributed by atoms with E-state index in [1.54, 1.807) is 42.5 Å². The van der Waals surface area contributed by atoms with Crippen LogP contribution >= 0.6 is 23.2 Å².